The third-order valence-corrected chi connectivity index (χ3v) is 3.64. The molecule has 0 aliphatic carbocycles. The van der Waals surface area contributed by atoms with Gasteiger partial charge in [0, 0.05) is 17.7 Å². The number of carbonyl (C=O) groups is 1. The Hall–Kier alpha value is -1.82. The first-order valence-electron chi connectivity index (χ1n) is 6.36. The lowest BCUT2D eigenvalue weighted by Crippen LogP contribution is -1.96. The molecule has 1 aromatic heterocycles. The van der Waals surface area contributed by atoms with Crippen molar-refractivity contribution in [2.75, 3.05) is 0 Å². The number of benzene rings is 1. The second kappa shape index (κ2) is 7.09. The van der Waals surface area contributed by atoms with Crippen molar-refractivity contribution >= 4 is 17.7 Å². The minimum absolute atomic E-state index is 0.121. The van der Waals surface area contributed by atoms with E-state index >= 15 is 0 Å². The monoisotopic (exact) mass is 292 g/mol. The van der Waals surface area contributed by atoms with E-state index in [1.165, 1.54) is 10.5 Å². The van der Waals surface area contributed by atoms with Gasteiger partial charge in [-0.15, -0.1) is 11.8 Å². The summed E-state index contributed by atoms with van der Waals surface area (Å²) < 4.78 is 5.09. The van der Waals surface area contributed by atoms with Crippen molar-refractivity contribution in [2.45, 2.75) is 36.8 Å². The molecule has 1 N–H and O–H groups in total. The van der Waals surface area contributed by atoms with E-state index in [1.54, 1.807) is 11.8 Å². The topological polar surface area (TPSA) is 76.2 Å². The lowest BCUT2D eigenvalue weighted by atomic mass is 10.2. The number of carboxylic acid groups (broad SMARTS) is 1. The first kappa shape index (κ1) is 14.6. The Labute approximate surface area is 121 Å². The lowest BCUT2D eigenvalue weighted by Gasteiger charge is -1.99. The molecule has 0 radical (unpaired) electrons. The van der Waals surface area contributed by atoms with Crippen LogP contribution in [0.5, 0.6) is 0 Å². The number of carboxylic acids is 1. The van der Waals surface area contributed by atoms with Crippen LogP contribution in [0.2, 0.25) is 0 Å². The number of nitrogens with zero attached hydrogens (tertiary/aromatic N) is 2. The van der Waals surface area contributed by atoms with Crippen LogP contribution in [-0.2, 0) is 17.0 Å². The molecule has 0 saturated carbocycles. The van der Waals surface area contributed by atoms with Crippen LogP contribution in [0.15, 0.2) is 33.7 Å². The Morgan fingerprint density at radius 2 is 2.30 bits per heavy atom. The van der Waals surface area contributed by atoms with Gasteiger partial charge in [0.05, 0.1) is 5.75 Å². The van der Waals surface area contributed by atoms with Crippen molar-refractivity contribution in [1.82, 2.24) is 10.1 Å². The molecular formula is C14H16N2O3S. The number of hydrogen-bond acceptors (Lipinski definition) is 5. The fourth-order valence-corrected chi connectivity index (χ4v) is 2.55. The molecule has 0 unspecified atom stereocenters. The van der Waals surface area contributed by atoms with Crippen LogP contribution in [-0.4, -0.2) is 21.2 Å². The Morgan fingerprint density at radius 1 is 1.45 bits per heavy atom. The first-order chi connectivity index (χ1) is 9.63. The van der Waals surface area contributed by atoms with E-state index in [0.29, 0.717) is 30.3 Å². The second-order valence-corrected chi connectivity index (χ2v) is 5.51. The van der Waals surface area contributed by atoms with Gasteiger partial charge < -0.3 is 9.63 Å². The van der Waals surface area contributed by atoms with E-state index in [4.69, 9.17) is 9.63 Å². The van der Waals surface area contributed by atoms with Gasteiger partial charge in [-0.2, -0.15) is 4.98 Å². The van der Waals surface area contributed by atoms with E-state index in [1.807, 2.05) is 12.1 Å². The number of hydrogen-bond donors (Lipinski definition) is 1. The molecule has 0 bridgehead atoms. The van der Waals surface area contributed by atoms with Crippen LogP contribution in [0.25, 0.3) is 0 Å². The maximum atomic E-state index is 10.4. The van der Waals surface area contributed by atoms with Crippen molar-refractivity contribution in [3.05, 3.63) is 41.5 Å². The normalized spacial score (nSPS) is 10.7. The van der Waals surface area contributed by atoms with Gasteiger partial charge in [0.15, 0.2) is 5.82 Å². The van der Waals surface area contributed by atoms with E-state index in [-0.39, 0.29) is 6.42 Å². The zero-order chi connectivity index (χ0) is 14.4. The van der Waals surface area contributed by atoms with Gasteiger partial charge in [-0.25, -0.2) is 0 Å². The van der Waals surface area contributed by atoms with Crippen LogP contribution in [0.3, 0.4) is 0 Å². The maximum absolute atomic E-state index is 10.4. The molecule has 0 atom stereocenters. The van der Waals surface area contributed by atoms with Gasteiger partial charge in [0.1, 0.15) is 0 Å². The summed E-state index contributed by atoms with van der Waals surface area (Å²) >= 11 is 1.65. The van der Waals surface area contributed by atoms with Crippen LogP contribution >= 0.6 is 11.8 Å². The van der Waals surface area contributed by atoms with Crippen molar-refractivity contribution in [1.29, 1.82) is 0 Å². The third kappa shape index (κ3) is 4.70. The summed E-state index contributed by atoms with van der Waals surface area (Å²) in [5, 5.41) is 12.5. The van der Waals surface area contributed by atoms with Crippen LogP contribution in [0.4, 0.5) is 0 Å². The molecule has 6 heteroatoms. The van der Waals surface area contributed by atoms with Gasteiger partial charge in [-0.05, 0) is 25.5 Å². The van der Waals surface area contributed by atoms with Gasteiger partial charge in [0.2, 0.25) is 5.89 Å². The first-order valence-corrected chi connectivity index (χ1v) is 7.35. The summed E-state index contributed by atoms with van der Waals surface area (Å²) in [4.78, 5) is 15.8. The molecule has 106 valence electrons. The Kier molecular flexibility index (Phi) is 5.17. The highest BCUT2D eigenvalue weighted by molar-refractivity contribution is 7.98. The number of aromatic nitrogens is 2. The molecule has 0 aliphatic heterocycles. The van der Waals surface area contributed by atoms with E-state index in [9.17, 15) is 4.79 Å². The molecule has 0 saturated heterocycles. The molecular weight excluding hydrogens is 276 g/mol. The fourth-order valence-electron chi connectivity index (χ4n) is 1.69. The highest BCUT2D eigenvalue weighted by Crippen LogP contribution is 2.22. The minimum Gasteiger partial charge on any atom is -0.481 e. The van der Waals surface area contributed by atoms with Crippen molar-refractivity contribution in [3.63, 3.8) is 0 Å². The molecule has 0 aliphatic rings. The van der Waals surface area contributed by atoms with Gasteiger partial charge in [0.25, 0.3) is 0 Å². The molecule has 2 aromatic rings. The molecule has 2 rings (SSSR count). The Morgan fingerprint density at radius 3 is 3.05 bits per heavy atom. The molecule has 1 aromatic carbocycles. The standard InChI is InChI=1S/C14H16N2O3S/c1-10-4-2-5-11(8-10)20-9-12-15-13(19-16-12)6-3-7-14(17)18/h2,4-5,8H,3,6-7,9H2,1H3,(H,17,18). The lowest BCUT2D eigenvalue weighted by molar-refractivity contribution is -0.137. The van der Waals surface area contributed by atoms with Gasteiger partial charge in [-0.3, -0.25) is 4.79 Å². The SMILES string of the molecule is Cc1cccc(SCc2noc(CCCC(=O)O)n2)c1. The van der Waals surface area contributed by atoms with E-state index in [2.05, 4.69) is 29.2 Å². The molecule has 1 heterocycles. The molecule has 20 heavy (non-hydrogen) atoms. The summed E-state index contributed by atoms with van der Waals surface area (Å²) in [5.41, 5.74) is 1.22. The maximum Gasteiger partial charge on any atom is 0.303 e. The van der Waals surface area contributed by atoms with Gasteiger partial charge in [-0.1, -0.05) is 22.9 Å². The highest BCUT2D eigenvalue weighted by Gasteiger charge is 2.08. The zero-order valence-corrected chi connectivity index (χ0v) is 12.0. The summed E-state index contributed by atoms with van der Waals surface area (Å²) in [6, 6.07) is 8.23. The molecule has 0 fully saturated rings. The summed E-state index contributed by atoms with van der Waals surface area (Å²) in [6.45, 7) is 2.05. The third-order valence-electron chi connectivity index (χ3n) is 2.65. The number of rotatable bonds is 7. The Bertz CT molecular complexity index is 583. The van der Waals surface area contributed by atoms with Gasteiger partial charge >= 0.3 is 5.97 Å². The molecule has 5 nitrogen and oxygen atoms in total. The van der Waals surface area contributed by atoms with Crippen molar-refractivity contribution in [3.8, 4) is 0 Å². The van der Waals surface area contributed by atoms with Crippen LogP contribution in [0, 0.1) is 6.92 Å². The Balaban J connectivity index is 1.82. The average molecular weight is 292 g/mol. The second-order valence-electron chi connectivity index (χ2n) is 4.46. The highest BCUT2D eigenvalue weighted by atomic mass is 32.2. The van der Waals surface area contributed by atoms with Crippen molar-refractivity contribution < 1.29 is 14.4 Å². The molecule has 0 spiro atoms. The number of aryl methyl sites for hydroxylation is 2. The van der Waals surface area contributed by atoms with E-state index < -0.39 is 5.97 Å². The average Bonchev–Trinajstić information content (AvgIpc) is 2.84. The summed E-state index contributed by atoms with van der Waals surface area (Å²) in [5.74, 6) is 0.985. The minimum atomic E-state index is -0.806. The number of thioether (sulfide) groups is 1. The van der Waals surface area contributed by atoms with Crippen molar-refractivity contribution in [2.24, 2.45) is 0 Å². The van der Waals surface area contributed by atoms with Crippen LogP contribution in [0.1, 0.15) is 30.1 Å². The van der Waals surface area contributed by atoms with Crippen LogP contribution < -0.4 is 0 Å². The fraction of sp³-hybridized carbons (Fsp3) is 0.357. The molecule has 0 amide bonds. The summed E-state index contributed by atoms with van der Waals surface area (Å²) in [6.07, 6.45) is 1.14. The predicted octanol–water partition coefficient (Wildman–Crippen LogP) is 3.08. The predicted molar refractivity (Wildman–Crippen MR) is 75.6 cm³/mol. The smallest absolute Gasteiger partial charge is 0.303 e. The summed E-state index contributed by atoms with van der Waals surface area (Å²) in [7, 11) is 0. The number of aliphatic carboxylic acids is 1. The zero-order valence-electron chi connectivity index (χ0n) is 11.2. The quantitative estimate of drug-likeness (QED) is 0.790. The largest absolute Gasteiger partial charge is 0.481 e. The van der Waals surface area contributed by atoms with E-state index in [0.717, 1.165) is 0 Å².